The quantitative estimate of drug-likeness (QED) is 0.392. The fraction of sp³-hybridized carbons (Fsp3) is 0.423. The van der Waals surface area contributed by atoms with Gasteiger partial charge in [0.05, 0.1) is 43.8 Å². The highest BCUT2D eigenvalue weighted by Gasteiger charge is 2.53. The van der Waals surface area contributed by atoms with Crippen LogP contribution < -0.4 is 15.1 Å². The number of aryl methyl sites for hydroxylation is 1. The van der Waals surface area contributed by atoms with E-state index in [-0.39, 0.29) is 5.91 Å². The van der Waals surface area contributed by atoms with Gasteiger partial charge in [-0.1, -0.05) is 6.07 Å². The maximum absolute atomic E-state index is 13.6. The fourth-order valence-electron chi connectivity index (χ4n) is 5.19. The number of nitrogens with one attached hydrogen (secondary N) is 1. The van der Waals surface area contributed by atoms with Gasteiger partial charge in [0.1, 0.15) is 17.2 Å². The van der Waals surface area contributed by atoms with E-state index in [0.717, 1.165) is 18.4 Å². The molecule has 1 aliphatic carbocycles. The summed E-state index contributed by atoms with van der Waals surface area (Å²) in [6.45, 7) is 3.41. The molecule has 0 bridgehead atoms. The third kappa shape index (κ3) is 4.15. The average molecular weight is 517 g/mol. The molecule has 1 saturated carbocycles. The standard InChI is InChI=1S/C26H28N8O4/c1-32-13-16(12-27-32)19-3-2-4-21(28-19)29-24(35)18-11-20-22(31-25(38-20)33-7-9-37-10-8-33)30-23(18)34-14-26(36,15-34)17-5-6-17/h2-4,11-13,17,36H,5-10,14-15H2,1H3,(H,28,29,35). The zero-order valence-corrected chi connectivity index (χ0v) is 21.0. The number of oxazole rings is 1. The topological polar surface area (TPSA) is 135 Å². The van der Waals surface area contributed by atoms with E-state index in [1.165, 1.54) is 0 Å². The monoisotopic (exact) mass is 516 g/mol. The van der Waals surface area contributed by atoms with Crippen LogP contribution in [0.25, 0.3) is 22.5 Å². The lowest BCUT2D eigenvalue weighted by Crippen LogP contribution is -2.64. The minimum atomic E-state index is -0.729. The number of hydrogen-bond acceptors (Lipinski definition) is 10. The Labute approximate surface area is 218 Å². The third-order valence-corrected chi connectivity index (χ3v) is 7.44. The molecule has 0 spiro atoms. The number of rotatable bonds is 6. The van der Waals surface area contributed by atoms with E-state index in [1.807, 2.05) is 35.2 Å². The number of aromatic nitrogens is 5. The molecule has 0 atom stereocenters. The Morgan fingerprint density at radius 2 is 1.95 bits per heavy atom. The second-order valence-corrected chi connectivity index (χ2v) is 10.3. The maximum Gasteiger partial charge on any atom is 0.300 e. The van der Waals surface area contributed by atoms with Gasteiger partial charge in [-0.2, -0.15) is 10.1 Å². The fourth-order valence-corrected chi connectivity index (χ4v) is 5.19. The van der Waals surface area contributed by atoms with Crippen LogP contribution in [0.3, 0.4) is 0 Å². The first kappa shape index (κ1) is 23.1. The molecule has 12 nitrogen and oxygen atoms in total. The lowest BCUT2D eigenvalue weighted by molar-refractivity contribution is -0.00980. The Hall–Kier alpha value is -4.03. The van der Waals surface area contributed by atoms with Crippen molar-refractivity contribution in [1.82, 2.24) is 24.7 Å². The van der Waals surface area contributed by atoms with Gasteiger partial charge >= 0.3 is 0 Å². The van der Waals surface area contributed by atoms with E-state index in [9.17, 15) is 9.90 Å². The maximum atomic E-state index is 13.6. The molecular formula is C26H28N8O4. The van der Waals surface area contributed by atoms with Crippen molar-refractivity contribution in [2.45, 2.75) is 18.4 Å². The first-order chi connectivity index (χ1) is 18.4. The second kappa shape index (κ2) is 8.77. The third-order valence-electron chi connectivity index (χ3n) is 7.44. The van der Waals surface area contributed by atoms with Crippen molar-refractivity contribution in [3.8, 4) is 11.3 Å². The lowest BCUT2D eigenvalue weighted by atomic mass is 9.88. The molecule has 3 aliphatic rings. The van der Waals surface area contributed by atoms with Crippen LogP contribution in [-0.4, -0.2) is 80.7 Å². The van der Waals surface area contributed by atoms with Gasteiger partial charge in [0.2, 0.25) is 5.65 Å². The Morgan fingerprint density at radius 1 is 1.13 bits per heavy atom. The first-order valence-electron chi connectivity index (χ1n) is 12.8. The van der Waals surface area contributed by atoms with Gasteiger partial charge in [-0.25, -0.2) is 9.97 Å². The summed E-state index contributed by atoms with van der Waals surface area (Å²) in [6, 6.07) is 7.59. The van der Waals surface area contributed by atoms with Crippen LogP contribution in [0.15, 0.2) is 41.1 Å². The Balaban J connectivity index is 1.21. The van der Waals surface area contributed by atoms with Gasteiger partial charge in [-0.3, -0.25) is 9.48 Å². The van der Waals surface area contributed by atoms with E-state index in [2.05, 4.69) is 20.4 Å². The van der Waals surface area contributed by atoms with E-state index < -0.39 is 5.60 Å². The summed E-state index contributed by atoms with van der Waals surface area (Å²) in [5.74, 6) is 0.841. The smallest absolute Gasteiger partial charge is 0.300 e. The number of morpholine rings is 1. The summed E-state index contributed by atoms with van der Waals surface area (Å²) in [7, 11) is 1.84. The molecule has 0 unspecified atom stereocenters. The Bertz CT molecular complexity index is 1510. The molecule has 38 heavy (non-hydrogen) atoms. The molecular weight excluding hydrogens is 488 g/mol. The number of carbonyl (C=O) groups is 1. The summed E-state index contributed by atoms with van der Waals surface area (Å²) >= 11 is 0. The normalized spacial score (nSPS) is 19.0. The highest BCUT2D eigenvalue weighted by molar-refractivity contribution is 6.09. The average Bonchev–Trinajstić information content (AvgIpc) is 3.55. The highest BCUT2D eigenvalue weighted by atomic mass is 16.5. The van der Waals surface area contributed by atoms with Crippen LogP contribution >= 0.6 is 0 Å². The molecule has 6 heterocycles. The van der Waals surface area contributed by atoms with Crippen LogP contribution in [0.2, 0.25) is 0 Å². The van der Waals surface area contributed by atoms with Gasteiger partial charge < -0.3 is 29.4 Å². The van der Waals surface area contributed by atoms with Gasteiger partial charge in [0, 0.05) is 38.0 Å². The zero-order valence-electron chi connectivity index (χ0n) is 21.0. The minimum absolute atomic E-state index is 0.319. The number of hydrogen-bond donors (Lipinski definition) is 2. The molecule has 0 radical (unpaired) electrons. The number of aliphatic hydroxyl groups is 1. The summed E-state index contributed by atoms with van der Waals surface area (Å²) < 4.78 is 13.2. The van der Waals surface area contributed by atoms with Crippen molar-refractivity contribution in [1.29, 1.82) is 0 Å². The molecule has 0 aromatic carbocycles. The molecule has 3 fully saturated rings. The van der Waals surface area contributed by atoms with E-state index in [4.69, 9.17) is 14.1 Å². The van der Waals surface area contributed by atoms with Crippen molar-refractivity contribution in [2.24, 2.45) is 13.0 Å². The minimum Gasteiger partial charge on any atom is -0.422 e. The van der Waals surface area contributed by atoms with Gasteiger partial charge in [-0.05, 0) is 30.9 Å². The number of amides is 1. The van der Waals surface area contributed by atoms with Crippen molar-refractivity contribution in [2.75, 3.05) is 54.5 Å². The van der Waals surface area contributed by atoms with E-state index in [0.29, 0.717) is 85.4 Å². The summed E-state index contributed by atoms with van der Waals surface area (Å²) in [4.78, 5) is 31.5. The number of nitrogens with zero attached hydrogens (tertiary/aromatic N) is 7. The SMILES string of the molecule is Cn1cc(-c2cccc(NC(=O)c3cc4oc(N5CCOCC5)nc4nc3N3CC(O)(C4CC4)C3)n2)cn1. The zero-order chi connectivity index (χ0) is 25.9. The number of pyridine rings is 2. The summed E-state index contributed by atoms with van der Waals surface area (Å²) in [5.41, 5.74) is 2.02. The molecule has 4 aromatic rings. The van der Waals surface area contributed by atoms with Gasteiger partial charge in [-0.15, -0.1) is 0 Å². The summed E-state index contributed by atoms with van der Waals surface area (Å²) in [5, 5.41) is 18.0. The van der Waals surface area contributed by atoms with Crippen molar-refractivity contribution >= 4 is 34.8 Å². The number of fused-ring (bicyclic) bond motifs is 1. The summed E-state index contributed by atoms with van der Waals surface area (Å²) in [6.07, 6.45) is 5.67. The molecule has 2 saturated heterocycles. The molecule has 2 aliphatic heterocycles. The largest absolute Gasteiger partial charge is 0.422 e. The molecule has 196 valence electrons. The Kier molecular flexibility index (Phi) is 5.34. The van der Waals surface area contributed by atoms with Crippen LogP contribution in [0.1, 0.15) is 23.2 Å². The Morgan fingerprint density at radius 3 is 2.68 bits per heavy atom. The molecule has 4 aromatic heterocycles. The number of β-amino-alcohol motifs (C(OH)–C–C–N with tert-alkyl or cyclic N) is 1. The molecule has 7 rings (SSSR count). The van der Waals surface area contributed by atoms with Crippen molar-refractivity contribution in [3.05, 3.63) is 42.2 Å². The van der Waals surface area contributed by atoms with Gasteiger partial charge in [0.25, 0.3) is 11.9 Å². The van der Waals surface area contributed by atoms with E-state index >= 15 is 0 Å². The number of anilines is 3. The van der Waals surface area contributed by atoms with Crippen molar-refractivity contribution < 1.29 is 19.1 Å². The predicted octanol–water partition coefficient (Wildman–Crippen LogP) is 2.07. The number of carbonyl (C=O) groups excluding carboxylic acids is 1. The van der Waals surface area contributed by atoms with E-state index in [1.54, 1.807) is 23.0 Å². The molecule has 12 heteroatoms. The lowest BCUT2D eigenvalue weighted by Gasteiger charge is -2.48. The highest BCUT2D eigenvalue weighted by Crippen LogP contribution is 2.46. The predicted molar refractivity (Wildman–Crippen MR) is 139 cm³/mol. The molecule has 1 amide bonds. The number of ether oxygens (including phenoxy) is 1. The van der Waals surface area contributed by atoms with Crippen molar-refractivity contribution in [3.63, 3.8) is 0 Å². The van der Waals surface area contributed by atoms with Crippen LogP contribution in [0.5, 0.6) is 0 Å². The van der Waals surface area contributed by atoms with Crippen LogP contribution in [0, 0.1) is 5.92 Å². The second-order valence-electron chi connectivity index (χ2n) is 10.3. The van der Waals surface area contributed by atoms with Gasteiger partial charge in [0.15, 0.2) is 5.58 Å². The van der Waals surface area contributed by atoms with Crippen LogP contribution in [0.4, 0.5) is 17.7 Å². The first-order valence-corrected chi connectivity index (χ1v) is 12.8. The van der Waals surface area contributed by atoms with Crippen LogP contribution in [-0.2, 0) is 11.8 Å². The molecule has 2 N–H and O–H groups in total.